The van der Waals surface area contributed by atoms with Gasteiger partial charge < -0.3 is 9.72 Å². The van der Waals surface area contributed by atoms with Crippen molar-refractivity contribution in [2.45, 2.75) is 46.5 Å². The number of nitrogens with one attached hydrogen (secondary N) is 1. The minimum absolute atomic E-state index is 0.109. The lowest BCUT2D eigenvalue weighted by Crippen LogP contribution is -2.23. The van der Waals surface area contributed by atoms with E-state index in [4.69, 9.17) is 4.74 Å². The van der Waals surface area contributed by atoms with Crippen LogP contribution in [0.5, 0.6) is 0 Å². The first-order valence-corrected chi connectivity index (χ1v) is 8.82. The molecule has 1 heterocycles. The monoisotopic (exact) mass is 355 g/mol. The molecule has 0 radical (unpaired) electrons. The molecule has 0 aliphatic rings. The Morgan fingerprint density at radius 2 is 1.77 bits per heavy atom. The fourth-order valence-electron chi connectivity index (χ4n) is 3.01. The summed E-state index contributed by atoms with van der Waals surface area (Å²) in [5.74, 6) is -1.14. The molecule has 0 spiro atoms. The van der Waals surface area contributed by atoms with Crippen molar-refractivity contribution in [3.63, 3.8) is 0 Å². The third-order valence-corrected chi connectivity index (χ3v) is 4.39. The Morgan fingerprint density at radius 1 is 1.12 bits per heavy atom. The number of rotatable bonds is 6. The first kappa shape index (κ1) is 19.6. The highest BCUT2D eigenvalue weighted by molar-refractivity contribution is 6.01. The molecule has 1 N–H and O–H groups in total. The molecule has 0 saturated heterocycles. The summed E-state index contributed by atoms with van der Waals surface area (Å²) in [5, 5.41) is 0. The maximum atomic E-state index is 12.6. The summed E-state index contributed by atoms with van der Waals surface area (Å²) < 4.78 is 5.06. The van der Waals surface area contributed by atoms with Gasteiger partial charge >= 0.3 is 5.97 Å². The van der Waals surface area contributed by atoms with E-state index in [2.05, 4.69) is 18.8 Å². The number of carbonyl (C=O) groups excluding carboxylic acids is 2. The standard InChI is InChI=1S/C21H25NO4/c1-6-26-21(25)13(4)18-11-17(19(14(5)23)20(24)22-18)16-10-8-7-9-15(16)12(2)3/h7-13H,6H2,1-5H3,(H,22,24). The molecule has 5 heteroatoms. The maximum absolute atomic E-state index is 12.6. The predicted octanol–water partition coefficient (Wildman–Crippen LogP) is 4.03. The van der Waals surface area contributed by atoms with Crippen molar-refractivity contribution in [2.24, 2.45) is 0 Å². The van der Waals surface area contributed by atoms with Gasteiger partial charge in [-0.2, -0.15) is 0 Å². The molecule has 1 aromatic heterocycles. The van der Waals surface area contributed by atoms with Crippen molar-refractivity contribution >= 4 is 11.8 Å². The average molecular weight is 355 g/mol. The molecule has 26 heavy (non-hydrogen) atoms. The summed E-state index contributed by atoms with van der Waals surface area (Å²) in [6.45, 7) is 9.16. The predicted molar refractivity (Wildman–Crippen MR) is 102 cm³/mol. The number of hydrogen-bond acceptors (Lipinski definition) is 4. The fraction of sp³-hybridized carbons (Fsp3) is 0.381. The molecule has 0 aliphatic carbocycles. The van der Waals surface area contributed by atoms with E-state index in [9.17, 15) is 14.4 Å². The molecule has 1 unspecified atom stereocenters. The van der Waals surface area contributed by atoms with Crippen LogP contribution < -0.4 is 5.56 Å². The second kappa shape index (κ2) is 8.13. The average Bonchev–Trinajstić information content (AvgIpc) is 2.60. The van der Waals surface area contributed by atoms with Crippen LogP contribution in [-0.4, -0.2) is 23.3 Å². The molecule has 2 rings (SSSR count). The van der Waals surface area contributed by atoms with Gasteiger partial charge in [-0.3, -0.25) is 14.4 Å². The smallest absolute Gasteiger partial charge is 0.314 e. The highest BCUT2D eigenvalue weighted by Crippen LogP contribution is 2.32. The van der Waals surface area contributed by atoms with Crippen LogP contribution in [0, 0.1) is 0 Å². The van der Waals surface area contributed by atoms with E-state index >= 15 is 0 Å². The molecule has 0 aliphatic heterocycles. The normalized spacial score (nSPS) is 12.1. The van der Waals surface area contributed by atoms with Crippen molar-refractivity contribution in [3.8, 4) is 11.1 Å². The molecule has 5 nitrogen and oxygen atoms in total. The van der Waals surface area contributed by atoms with Gasteiger partial charge in [0.15, 0.2) is 5.78 Å². The first-order valence-electron chi connectivity index (χ1n) is 8.82. The molecular weight excluding hydrogens is 330 g/mol. The van der Waals surface area contributed by atoms with E-state index in [1.807, 2.05) is 24.3 Å². The minimum atomic E-state index is -0.631. The molecule has 2 aromatic rings. The Morgan fingerprint density at radius 3 is 2.35 bits per heavy atom. The van der Waals surface area contributed by atoms with Crippen LogP contribution in [0.25, 0.3) is 11.1 Å². The van der Waals surface area contributed by atoms with Crippen molar-refractivity contribution in [2.75, 3.05) is 6.61 Å². The van der Waals surface area contributed by atoms with Gasteiger partial charge in [0.05, 0.1) is 18.1 Å². The number of carbonyl (C=O) groups is 2. The van der Waals surface area contributed by atoms with Crippen LogP contribution in [0.2, 0.25) is 0 Å². The first-order chi connectivity index (χ1) is 12.3. The summed E-state index contributed by atoms with van der Waals surface area (Å²) in [5.41, 5.74) is 2.48. The number of hydrogen-bond donors (Lipinski definition) is 1. The Balaban J connectivity index is 2.74. The van der Waals surface area contributed by atoms with Crippen LogP contribution in [0.15, 0.2) is 35.1 Å². The van der Waals surface area contributed by atoms with Gasteiger partial charge in [0, 0.05) is 11.3 Å². The van der Waals surface area contributed by atoms with Crippen molar-refractivity contribution in [3.05, 3.63) is 57.5 Å². The summed E-state index contributed by atoms with van der Waals surface area (Å²) in [7, 11) is 0. The van der Waals surface area contributed by atoms with Crippen LogP contribution in [0.4, 0.5) is 0 Å². The second-order valence-electron chi connectivity index (χ2n) is 6.61. The molecular formula is C21H25NO4. The third kappa shape index (κ3) is 3.93. The quantitative estimate of drug-likeness (QED) is 0.627. The number of ether oxygens (including phenoxy) is 1. The Kier molecular flexibility index (Phi) is 6.14. The number of aromatic nitrogens is 1. The summed E-state index contributed by atoms with van der Waals surface area (Å²) in [6, 6.07) is 9.41. The fourth-order valence-corrected chi connectivity index (χ4v) is 3.01. The van der Waals surface area contributed by atoms with Gasteiger partial charge in [0.25, 0.3) is 5.56 Å². The number of aromatic amines is 1. The largest absolute Gasteiger partial charge is 0.465 e. The van der Waals surface area contributed by atoms with Gasteiger partial charge in [-0.25, -0.2) is 0 Å². The van der Waals surface area contributed by atoms with Crippen LogP contribution in [0.3, 0.4) is 0 Å². The van der Waals surface area contributed by atoms with E-state index in [0.717, 1.165) is 11.1 Å². The lowest BCUT2D eigenvalue weighted by atomic mass is 9.89. The molecule has 0 saturated carbocycles. The van der Waals surface area contributed by atoms with Crippen molar-refractivity contribution in [1.82, 2.24) is 4.98 Å². The Bertz CT molecular complexity index is 880. The van der Waals surface area contributed by atoms with Crippen molar-refractivity contribution < 1.29 is 14.3 Å². The summed E-state index contributed by atoms with van der Waals surface area (Å²) in [6.07, 6.45) is 0. The zero-order chi connectivity index (χ0) is 19.4. The molecule has 0 fully saturated rings. The van der Waals surface area contributed by atoms with Gasteiger partial charge in [-0.05, 0) is 43.9 Å². The number of benzene rings is 1. The van der Waals surface area contributed by atoms with Crippen LogP contribution in [-0.2, 0) is 9.53 Å². The topological polar surface area (TPSA) is 76.2 Å². The maximum Gasteiger partial charge on any atom is 0.314 e. The van der Waals surface area contributed by atoms with E-state index in [0.29, 0.717) is 11.3 Å². The molecule has 0 amide bonds. The van der Waals surface area contributed by atoms with E-state index in [1.165, 1.54) is 6.92 Å². The Hall–Kier alpha value is -2.69. The van der Waals surface area contributed by atoms with Gasteiger partial charge in [0.2, 0.25) is 0 Å². The number of Topliss-reactive ketones (excluding diaryl/α,β-unsaturated/α-hetero) is 1. The van der Waals surface area contributed by atoms with E-state index < -0.39 is 17.4 Å². The zero-order valence-corrected chi connectivity index (χ0v) is 15.9. The molecule has 138 valence electrons. The second-order valence-corrected chi connectivity index (χ2v) is 6.61. The molecule has 0 bridgehead atoms. The summed E-state index contributed by atoms with van der Waals surface area (Å²) >= 11 is 0. The van der Waals surface area contributed by atoms with Crippen LogP contribution in [0.1, 0.15) is 68.1 Å². The SMILES string of the molecule is CCOC(=O)C(C)c1cc(-c2ccccc2C(C)C)c(C(C)=O)c(=O)[nH]1. The summed E-state index contributed by atoms with van der Waals surface area (Å²) in [4.78, 5) is 39.5. The van der Waals surface area contributed by atoms with Crippen molar-refractivity contribution in [1.29, 1.82) is 0 Å². The van der Waals surface area contributed by atoms with Gasteiger partial charge in [0.1, 0.15) is 0 Å². The number of ketones is 1. The van der Waals surface area contributed by atoms with Gasteiger partial charge in [-0.15, -0.1) is 0 Å². The van der Waals surface area contributed by atoms with E-state index in [1.54, 1.807) is 19.9 Å². The molecule has 1 atom stereocenters. The lowest BCUT2D eigenvalue weighted by molar-refractivity contribution is -0.144. The zero-order valence-electron chi connectivity index (χ0n) is 15.9. The highest BCUT2D eigenvalue weighted by Gasteiger charge is 2.23. The number of pyridine rings is 1. The van der Waals surface area contributed by atoms with Gasteiger partial charge in [-0.1, -0.05) is 38.1 Å². The lowest BCUT2D eigenvalue weighted by Gasteiger charge is -2.17. The number of H-pyrrole nitrogens is 1. The Labute approximate surface area is 153 Å². The highest BCUT2D eigenvalue weighted by atomic mass is 16.5. The third-order valence-electron chi connectivity index (χ3n) is 4.39. The van der Waals surface area contributed by atoms with Crippen LogP contribution >= 0.6 is 0 Å². The minimum Gasteiger partial charge on any atom is -0.465 e. The molecule has 1 aromatic carbocycles. The number of esters is 1. The van der Waals surface area contributed by atoms with E-state index in [-0.39, 0.29) is 23.9 Å².